The first-order valence-electron chi connectivity index (χ1n) is 8.05. The highest BCUT2D eigenvalue weighted by Gasteiger charge is 2.42. The summed E-state index contributed by atoms with van der Waals surface area (Å²) in [7, 11) is 1.71. The van der Waals surface area contributed by atoms with Crippen LogP contribution in [0.4, 0.5) is 0 Å². The van der Waals surface area contributed by atoms with E-state index >= 15 is 0 Å². The van der Waals surface area contributed by atoms with Crippen molar-refractivity contribution in [3.05, 3.63) is 77.2 Å². The fraction of sp³-hybridized carbons (Fsp3) is 0.250. The van der Waals surface area contributed by atoms with Crippen LogP contribution in [-0.4, -0.2) is 28.7 Å². The summed E-state index contributed by atoms with van der Waals surface area (Å²) in [6, 6.07) is 9.56. The molecule has 0 aromatic heterocycles. The van der Waals surface area contributed by atoms with Crippen molar-refractivity contribution in [1.82, 2.24) is 9.80 Å². The molecule has 2 amide bonds. The summed E-state index contributed by atoms with van der Waals surface area (Å²) in [5.74, 6) is -0.374. The van der Waals surface area contributed by atoms with Gasteiger partial charge in [-0.1, -0.05) is 54.3 Å². The van der Waals surface area contributed by atoms with Gasteiger partial charge in [0, 0.05) is 14.0 Å². The lowest BCUT2D eigenvalue weighted by molar-refractivity contribution is -0.129. The summed E-state index contributed by atoms with van der Waals surface area (Å²) in [5, 5.41) is 0. The lowest BCUT2D eigenvalue weighted by Gasteiger charge is -2.26. The maximum atomic E-state index is 12.7. The van der Waals surface area contributed by atoms with Crippen LogP contribution >= 0.6 is 0 Å². The van der Waals surface area contributed by atoms with Crippen molar-refractivity contribution in [2.75, 3.05) is 7.05 Å². The number of nitrogens with zero attached hydrogens (tertiary/aromatic N) is 2. The van der Waals surface area contributed by atoms with E-state index in [1.165, 1.54) is 11.8 Å². The second-order valence-electron chi connectivity index (χ2n) is 5.91. The second kappa shape index (κ2) is 6.73. The van der Waals surface area contributed by atoms with Gasteiger partial charge in [0.05, 0.1) is 0 Å². The fourth-order valence-electron chi connectivity index (χ4n) is 3.03. The second-order valence-corrected chi connectivity index (χ2v) is 5.91. The lowest BCUT2D eigenvalue weighted by atomic mass is 10.1. The Labute approximate surface area is 142 Å². The summed E-state index contributed by atoms with van der Waals surface area (Å²) < 4.78 is 0. The number of hydrogen-bond acceptors (Lipinski definition) is 2. The Morgan fingerprint density at radius 1 is 1.25 bits per heavy atom. The molecule has 4 nitrogen and oxygen atoms in total. The van der Waals surface area contributed by atoms with Crippen molar-refractivity contribution in [3.8, 4) is 0 Å². The Balaban J connectivity index is 2.04. The van der Waals surface area contributed by atoms with E-state index in [-0.39, 0.29) is 11.8 Å². The third-order valence-electron chi connectivity index (χ3n) is 4.21. The van der Waals surface area contributed by atoms with Gasteiger partial charge in [0.15, 0.2) is 5.70 Å². The van der Waals surface area contributed by atoms with Crippen LogP contribution in [0.1, 0.15) is 31.5 Å². The first kappa shape index (κ1) is 16.0. The number of amides is 2. The first-order chi connectivity index (χ1) is 11.6. The minimum Gasteiger partial charge on any atom is -0.315 e. The van der Waals surface area contributed by atoms with Gasteiger partial charge in [-0.05, 0) is 30.1 Å². The van der Waals surface area contributed by atoms with Gasteiger partial charge in [-0.3, -0.25) is 14.5 Å². The Bertz CT molecular complexity index is 783. The number of benzene rings is 1. The highest BCUT2D eigenvalue weighted by molar-refractivity contribution is 6.00. The molecule has 3 rings (SSSR count). The van der Waals surface area contributed by atoms with Crippen LogP contribution in [0.3, 0.4) is 0 Å². The Morgan fingerprint density at radius 3 is 2.62 bits per heavy atom. The molecule has 1 saturated heterocycles. The first-order valence-corrected chi connectivity index (χ1v) is 8.05. The van der Waals surface area contributed by atoms with E-state index in [4.69, 9.17) is 0 Å². The predicted molar refractivity (Wildman–Crippen MR) is 92.5 cm³/mol. The largest absolute Gasteiger partial charge is 0.315 e. The number of rotatable bonds is 2. The standard InChI is InChI=1S/C20H20N2O2/c1-15(23)22-18(14-13-16-9-5-3-6-10-16)20(24)21(2)19(22)17-11-7-4-8-12-17/h4-5,7-13,19H,3,6H2,1-2H3. The topological polar surface area (TPSA) is 40.6 Å². The van der Waals surface area contributed by atoms with Crippen LogP contribution in [0, 0.1) is 0 Å². The Morgan fingerprint density at radius 2 is 2.00 bits per heavy atom. The van der Waals surface area contributed by atoms with Crippen molar-refractivity contribution in [2.45, 2.75) is 25.9 Å². The fourth-order valence-corrected chi connectivity index (χ4v) is 3.03. The van der Waals surface area contributed by atoms with E-state index in [0.29, 0.717) is 5.70 Å². The number of carbonyl (C=O) groups is 2. The average molecular weight is 320 g/mol. The molecule has 2 aliphatic rings. The van der Waals surface area contributed by atoms with E-state index in [9.17, 15) is 9.59 Å². The van der Waals surface area contributed by atoms with Crippen LogP contribution in [0.5, 0.6) is 0 Å². The summed E-state index contributed by atoms with van der Waals surface area (Å²) in [6.07, 6.45) is 9.57. The van der Waals surface area contributed by atoms with Gasteiger partial charge < -0.3 is 4.90 Å². The van der Waals surface area contributed by atoms with Crippen LogP contribution in [0.2, 0.25) is 0 Å². The maximum Gasteiger partial charge on any atom is 0.280 e. The molecule has 0 saturated carbocycles. The molecule has 1 aliphatic heterocycles. The highest BCUT2D eigenvalue weighted by atomic mass is 16.2. The van der Waals surface area contributed by atoms with Gasteiger partial charge in [-0.2, -0.15) is 0 Å². The van der Waals surface area contributed by atoms with Gasteiger partial charge in [-0.25, -0.2) is 0 Å². The molecule has 1 aromatic carbocycles. The third kappa shape index (κ3) is 2.97. The Hall–Kier alpha value is -2.84. The van der Waals surface area contributed by atoms with Crippen molar-refractivity contribution in [3.63, 3.8) is 0 Å². The third-order valence-corrected chi connectivity index (χ3v) is 4.21. The molecule has 122 valence electrons. The quantitative estimate of drug-likeness (QED) is 0.619. The molecule has 0 N–H and O–H groups in total. The van der Waals surface area contributed by atoms with Gasteiger partial charge in [0.25, 0.3) is 5.91 Å². The zero-order chi connectivity index (χ0) is 17.1. The van der Waals surface area contributed by atoms with E-state index < -0.39 is 6.17 Å². The minimum absolute atomic E-state index is 0.175. The Kier molecular flexibility index (Phi) is 4.50. The molecule has 1 atom stereocenters. The number of allylic oxidation sites excluding steroid dienone is 4. The zero-order valence-electron chi connectivity index (χ0n) is 13.9. The van der Waals surface area contributed by atoms with Crippen molar-refractivity contribution in [1.29, 1.82) is 0 Å². The van der Waals surface area contributed by atoms with E-state index in [1.807, 2.05) is 36.4 Å². The minimum atomic E-state index is -0.428. The predicted octanol–water partition coefficient (Wildman–Crippen LogP) is 3.32. The van der Waals surface area contributed by atoms with Gasteiger partial charge in [0.1, 0.15) is 6.17 Å². The molecule has 0 spiro atoms. The van der Waals surface area contributed by atoms with E-state index in [2.05, 4.69) is 17.9 Å². The molecule has 0 radical (unpaired) electrons. The maximum absolute atomic E-state index is 12.7. The van der Waals surface area contributed by atoms with Crippen molar-refractivity contribution >= 4 is 11.8 Å². The van der Waals surface area contributed by atoms with Crippen LogP contribution < -0.4 is 0 Å². The molecule has 4 heteroatoms. The van der Waals surface area contributed by atoms with Gasteiger partial charge in [0.2, 0.25) is 5.91 Å². The van der Waals surface area contributed by atoms with Crippen LogP contribution in [-0.2, 0) is 9.59 Å². The summed E-state index contributed by atoms with van der Waals surface area (Å²) in [6.45, 7) is 1.48. The van der Waals surface area contributed by atoms with Crippen molar-refractivity contribution in [2.24, 2.45) is 0 Å². The zero-order valence-corrected chi connectivity index (χ0v) is 13.9. The van der Waals surface area contributed by atoms with Gasteiger partial charge in [-0.15, -0.1) is 0 Å². The molecule has 1 fully saturated rings. The molecule has 1 aromatic rings. The number of likely N-dealkylation sites (N-methyl/N-ethyl adjacent to an activating group) is 1. The number of hydrogen-bond donors (Lipinski definition) is 0. The van der Waals surface area contributed by atoms with Crippen molar-refractivity contribution < 1.29 is 9.59 Å². The highest BCUT2D eigenvalue weighted by Crippen LogP contribution is 2.35. The molecule has 0 bridgehead atoms. The molecule has 24 heavy (non-hydrogen) atoms. The van der Waals surface area contributed by atoms with Crippen LogP contribution in [0.25, 0.3) is 0 Å². The summed E-state index contributed by atoms with van der Waals surface area (Å²) in [5.41, 5.74) is 5.25. The smallest absolute Gasteiger partial charge is 0.280 e. The SMILES string of the molecule is CC(=O)N1C(=C=CC2=CCCC=C2)C(=O)N(C)C1c1ccccc1. The molecular formula is C20H20N2O2. The lowest BCUT2D eigenvalue weighted by Crippen LogP contribution is -2.31. The molecule has 1 heterocycles. The van der Waals surface area contributed by atoms with Crippen LogP contribution in [0.15, 0.2) is 71.6 Å². The van der Waals surface area contributed by atoms with E-state index in [1.54, 1.807) is 18.0 Å². The summed E-state index contributed by atoms with van der Waals surface area (Å²) >= 11 is 0. The normalized spacial score (nSPS) is 20.1. The average Bonchev–Trinajstić information content (AvgIpc) is 2.86. The summed E-state index contributed by atoms with van der Waals surface area (Å²) in [4.78, 5) is 28.0. The molecule has 1 unspecified atom stereocenters. The van der Waals surface area contributed by atoms with Gasteiger partial charge >= 0.3 is 0 Å². The number of carbonyl (C=O) groups excluding carboxylic acids is 2. The molecular weight excluding hydrogens is 300 g/mol. The monoisotopic (exact) mass is 320 g/mol. The molecule has 1 aliphatic carbocycles. The van der Waals surface area contributed by atoms with E-state index in [0.717, 1.165) is 24.0 Å².